The zero-order chi connectivity index (χ0) is 12.2. The van der Waals surface area contributed by atoms with Gasteiger partial charge < -0.3 is 5.73 Å². The molecule has 1 aromatic carbocycles. The van der Waals surface area contributed by atoms with E-state index in [1.165, 1.54) is 11.6 Å². The Morgan fingerprint density at radius 3 is 2.50 bits per heavy atom. The van der Waals surface area contributed by atoms with Gasteiger partial charge in [-0.3, -0.25) is 0 Å². The van der Waals surface area contributed by atoms with Crippen molar-refractivity contribution in [3.05, 3.63) is 34.9 Å². The van der Waals surface area contributed by atoms with Crippen LogP contribution in [0, 0.1) is 5.92 Å². The van der Waals surface area contributed by atoms with Gasteiger partial charge in [0.05, 0.1) is 0 Å². The van der Waals surface area contributed by atoms with Gasteiger partial charge in [-0.2, -0.15) is 0 Å². The predicted octanol–water partition coefficient (Wildman–Crippen LogP) is 3.80. The fraction of sp³-hybridized carbons (Fsp3) is 0.538. The monoisotopic (exact) mass is 255 g/mol. The molecule has 1 atom stereocenters. The number of rotatable bonds is 5. The second-order valence-corrected chi connectivity index (χ2v) is 11.7. The van der Waals surface area contributed by atoms with Crippen LogP contribution in [0.25, 0.3) is 0 Å². The van der Waals surface area contributed by atoms with Crippen molar-refractivity contribution >= 4 is 19.7 Å². The van der Waals surface area contributed by atoms with Crippen molar-refractivity contribution in [2.75, 3.05) is 6.54 Å². The molecular formula is C13H22ClNSi. The zero-order valence-corrected chi connectivity index (χ0v) is 12.2. The maximum absolute atomic E-state index is 5.98. The molecule has 0 saturated heterocycles. The first-order valence-electron chi connectivity index (χ1n) is 5.85. The van der Waals surface area contributed by atoms with Crippen molar-refractivity contribution in [3.8, 4) is 0 Å². The van der Waals surface area contributed by atoms with E-state index in [2.05, 4.69) is 31.8 Å². The van der Waals surface area contributed by atoms with Crippen molar-refractivity contribution in [1.82, 2.24) is 0 Å². The summed E-state index contributed by atoms with van der Waals surface area (Å²) in [4.78, 5) is 0. The molecule has 90 valence electrons. The summed E-state index contributed by atoms with van der Waals surface area (Å²) in [7, 11) is -1.02. The van der Waals surface area contributed by atoms with Crippen molar-refractivity contribution in [2.24, 2.45) is 11.7 Å². The maximum atomic E-state index is 5.98. The number of hydrogen-bond donors (Lipinski definition) is 1. The summed E-state index contributed by atoms with van der Waals surface area (Å²) >= 11 is 5.98. The summed E-state index contributed by atoms with van der Waals surface area (Å²) in [5.74, 6) is 0.602. The number of nitrogens with two attached hydrogens (primary N) is 1. The lowest BCUT2D eigenvalue weighted by Gasteiger charge is -2.23. The van der Waals surface area contributed by atoms with Gasteiger partial charge in [0, 0.05) is 13.1 Å². The van der Waals surface area contributed by atoms with E-state index in [4.69, 9.17) is 17.3 Å². The molecule has 1 aromatic rings. The summed E-state index contributed by atoms with van der Waals surface area (Å²) in [5, 5.41) is 0.821. The van der Waals surface area contributed by atoms with E-state index >= 15 is 0 Å². The lowest BCUT2D eigenvalue weighted by Crippen LogP contribution is -2.29. The Morgan fingerprint density at radius 2 is 2.00 bits per heavy atom. The Bertz CT molecular complexity index is 333. The molecule has 0 radical (unpaired) electrons. The fourth-order valence-electron chi connectivity index (χ4n) is 2.10. The van der Waals surface area contributed by atoms with Gasteiger partial charge in [0.25, 0.3) is 0 Å². The van der Waals surface area contributed by atoms with Crippen molar-refractivity contribution < 1.29 is 0 Å². The van der Waals surface area contributed by atoms with Gasteiger partial charge in [-0.1, -0.05) is 49.4 Å². The van der Waals surface area contributed by atoms with Crippen LogP contribution in [0.4, 0.5) is 0 Å². The third kappa shape index (κ3) is 5.15. The summed E-state index contributed by atoms with van der Waals surface area (Å²) in [6.45, 7) is 7.96. The quantitative estimate of drug-likeness (QED) is 0.796. The molecule has 0 spiro atoms. The lowest BCUT2D eigenvalue weighted by molar-refractivity contribution is 0.584. The number of benzene rings is 1. The summed E-state index contributed by atoms with van der Waals surface area (Å²) in [6.07, 6.45) is 1.06. The minimum absolute atomic E-state index is 0.602. The fourth-order valence-corrected chi connectivity index (χ4v) is 4.36. The molecule has 0 heterocycles. The molecule has 0 aliphatic heterocycles. The minimum atomic E-state index is -1.02. The summed E-state index contributed by atoms with van der Waals surface area (Å²) in [6, 6.07) is 9.41. The van der Waals surface area contributed by atoms with Gasteiger partial charge in [-0.25, -0.2) is 0 Å². The third-order valence-corrected chi connectivity index (χ3v) is 4.68. The van der Waals surface area contributed by atoms with Crippen LogP contribution in [0.3, 0.4) is 0 Å². The predicted molar refractivity (Wildman–Crippen MR) is 75.9 cm³/mol. The van der Waals surface area contributed by atoms with Crippen LogP contribution in [0.15, 0.2) is 24.3 Å². The highest BCUT2D eigenvalue weighted by Crippen LogP contribution is 2.21. The second-order valence-electron chi connectivity index (χ2n) is 5.70. The lowest BCUT2D eigenvalue weighted by atomic mass is 10.0. The molecule has 0 aliphatic rings. The van der Waals surface area contributed by atoms with Crippen molar-refractivity contribution in [1.29, 1.82) is 0 Å². The van der Waals surface area contributed by atoms with Crippen LogP contribution in [0.5, 0.6) is 0 Å². The molecule has 0 fully saturated rings. The van der Waals surface area contributed by atoms with Gasteiger partial charge in [0.1, 0.15) is 0 Å². The SMILES string of the molecule is C[Si](C)(C)CC(CN)Cc1cccc(Cl)c1. The van der Waals surface area contributed by atoms with Crippen LogP contribution in [-0.2, 0) is 6.42 Å². The average molecular weight is 256 g/mol. The smallest absolute Gasteiger partial charge is 0.0446 e. The Kier molecular flexibility index (Phi) is 5.03. The largest absolute Gasteiger partial charge is 0.330 e. The van der Waals surface area contributed by atoms with Crippen molar-refractivity contribution in [2.45, 2.75) is 32.1 Å². The van der Waals surface area contributed by atoms with Crippen LogP contribution in [0.2, 0.25) is 30.7 Å². The summed E-state index contributed by atoms with van der Waals surface area (Å²) < 4.78 is 0. The van der Waals surface area contributed by atoms with Gasteiger partial charge in [-0.15, -0.1) is 0 Å². The van der Waals surface area contributed by atoms with Crippen LogP contribution in [0.1, 0.15) is 5.56 Å². The average Bonchev–Trinajstić information content (AvgIpc) is 2.14. The van der Waals surface area contributed by atoms with E-state index < -0.39 is 8.07 Å². The molecule has 0 saturated carbocycles. The van der Waals surface area contributed by atoms with Crippen LogP contribution in [-0.4, -0.2) is 14.6 Å². The van der Waals surface area contributed by atoms with E-state index in [1.807, 2.05) is 12.1 Å². The van der Waals surface area contributed by atoms with Crippen LogP contribution >= 0.6 is 11.6 Å². The number of hydrogen-bond acceptors (Lipinski definition) is 1. The normalized spacial score (nSPS) is 13.8. The number of halogens is 1. The molecule has 3 heteroatoms. The Labute approximate surface area is 105 Å². The Hall–Kier alpha value is -0.313. The first-order valence-corrected chi connectivity index (χ1v) is 9.94. The molecule has 1 rings (SSSR count). The minimum Gasteiger partial charge on any atom is -0.330 e. The first-order chi connectivity index (χ1) is 7.40. The molecule has 0 bridgehead atoms. The van der Waals surface area contributed by atoms with Gasteiger partial charge in [0.15, 0.2) is 0 Å². The molecule has 1 nitrogen and oxygen atoms in total. The van der Waals surface area contributed by atoms with E-state index in [0.717, 1.165) is 18.0 Å². The molecule has 0 aliphatic carbocycles. The second kappa shape index (κ2) is 5.85. The highest BCUT2D eigenvalue weighted by molar-refractivity contribution is 6.76. The topological polar surface area (TPSA) is 26.0 Å². The van der Waals surface area contributed by atoms with E-state index in [0.29, 0.717) is 5.92 Å². The van der Waals surface area contributed by atoms with Crippen LogP contribution < -0.4 is 5.73 Å². The molecule has 0 aromatic heterocycles. The van der Waals surface area contributed by atoms with E-state index in [9.17, 15) is 0 Å². The van der Waals surface area contributed by atoms with Crippen molar-refractivity contribution in [3.63, 3.8) is 0 Å². The zero-order valence-electron chi connectivity index (χ0n) is 10.5. The molecule has 0 amide bonds. The van der Waals surface area contributed by atoms with Gasteiger partial charge >= 0.3 is 0 Å². The highest BCUT2D eigenvalue weighted by atomic mass is 35.5. The highest BCUT2D eigenvalue weighted by Gasteiger charge is 2.19. The molecule has 16 heavy (non-hydrogen) atoms. The maximum Gasteiger partial charge on any atom is 0.0446 e. The van der Waals surface area contributed by atoms with Gasteiger partial charge in [0.2, 0.25) is 0 Å². The van der Waals surface area contributed by atoms with E-state index in [-0.39, 0.29) is 0 Å². The first kappa shape index (κ1) is 13.8. The molecule has 1 unspecified atom stereocenters. The van der Waals surface area contributed by atoms with Gasteiger partial charge in [-0.05, 0) is 36.6 Å². The standard InChI is InChI=1S/C13H22ClNSi/c1-16(2,3)10-12(9-15)7-11-5-4-6-13(14)8-11/h4-6,8,12H,7,9-10,15H2,1-3H3. The van der Waals surface area contributed by atoms with E-state index in [1.54, 1.807) is 0 Å². The third-order valence-electron chi connectivity index (χ3n) is 2.65. The Balaban J connectivity index is 2.63. The summed E-state index contributed by atoms with van der Waals surface area (Å²) in [5.41, 5.74) is 7.16. The Morgan fingerprint density at radius 1 is 1.31 bits per heavy atom. The molecular weight excluding hydrogens is 234 g/mol. The molecule has 2 N–H and O–H groups in total.